The third kappa shape index (κ3) is 13.1. The topological polar surface area (TPSA) is 242 Å². The van der Waals surface area contributed by atoms with E-state index in [1.165, 1.54) is 97.1 Å². The summed E-state index contributed by atoms with van der Waals surface area (Å²) in [6.45, 7) is -2.05. The van der Waals surface area contributed by atoms with E-state index in [1.807, 2.05) is 0 Å². The predicted molar refractivity (Wildman–Crippen MR) is 192 cm³/mol. The van der Waals surface area contributed by atoms with Crippen molar-refractivity contribution < 1.29 is 81.7 Å². The monoisotopic (exact) mass is 786 g/mol. The second kappa shape index (κ2) is 21.5. The van der Waals surface area contributed by atoms with Crippen molar-refractivity contribution in [1.29, 1.82) is 0 Å². The van der Waals surface area contributed by atoms with Crippen LogP contribution in [0.4, 0.5) is 0 Å². The van der Waals surface area contributed by atoms with Gasteiger partial charge in [0, 0.05) is 0 Å². The lowest BCUT2D eigenvalue weighted by atomic mass is 10.1. The molecule has 57 heavy (non-hydrogen) atoms. The predicted octanol–water partition coefficient (Wildman–Crippen LogP) is 3.58. The summed E-state index contributed by atoms with van der Waals surface area (Å²) in [6.07, 6.45) is 0. The average molecular weight is 787 g/mol. The Labute approximate surface area is 323 Å². The average Bonchev–Trinajstić information content (AvgIpc) is 3.24. The first kappa shape index (κ1) is 42.3. The first-order valence-corrected chi connectivity index (χ1v) is 16.9. The zero-order chi connectivity index (χ0) is 41.2. The van der Waals surface area contributed by atoms with E-state index in [2.05, 4.69) is 0 Å². The molecule has 0 unspecified atom stereocenters. The number of hydrogen-bond donors (Lipinski definition) is 2. The molecule has 0 saturated carbocycles. The Bertz CT molecular complexity index is 2050. The van der Waals surface area contributed by atoms with Crippen LogP contribution in [0.2, 0.25) is 0 Å². The number of aliphatic hydroxyl groups is 1. The van der Waals surface area contributed by atoms with Gasteiger partial charge >= 0.3 is 47.8 Å². The third-order valence-electron chi connectivity index (χ3n) is 7.41. The highest BCUT2D eigenvalue weighted by Gasteiger charge is 2.16. The molecule has 0 aromatic heterocycles. The lowest BCUT2D eigenvalue weighted by molar-refractivity contribution is 0.0261. The Kier molecular flexibility index (Phi) is 16.0. The third-order valence-corrected chi connectivity index (χ3v) is 7.41. The van der Waals surface area contributed by atoms with Crippen molar-refractivity contribution in [1.82, 2.24) is 0 Å². The van der Waals surface area contributed by atoms with Gasteiger partial charge in [-0.2, -0.15) is 0 Å². The van der Waals surface area contributed by atoms with Crippen LogP contribution in [0.25, 0.3) is 0 Å². The molecule has 17 heteroatoms. The zero-order valence-electron chi connectivity index (χ0n) is 29.9. The van der Waals surface area contributed by atoms with Gasteiger partial charge in [-0.25, -0.2) is 38.4 Å². The molecule has 0 spiro atoms. The van der Waals surface area contributed by atoms with Crippen LogP contribution in [-0.4, -0.2) is 111 Å². The molecule has 296 valence electrons. The number of hydrogen-bond acceptors (Lipinski definition) is 16. The van der Waals surface area contributed by atoms with Crippen molar-refractivity contribution in [2.75, 3.05) is 52.9 Å². The molecular formula is C40H34O17. The van der Waals surface area contributed by atoms with E-state index in [9.17, 15) is 38.4 Å². The highest BCUT2D eigenvalue weighted by Crippen LogP contribution is 2.12. The molecule has 0 heterocycles. The lowest BCUT2D eigenvalue weighted by Crippen LogP contribution is -2.16. The minimum atomic E-state index is -1.14. The number of aromatic carboxylic acids is 1. The largest absolute Gasteiger partial charge is 0.478 e. The number of ether oxygens (including phenoxy) is 7. The zero-order valence-corrected chi connectivity index (χ0v) is 29.9. The smallest absolute Gasteiger partial charge is 0.338 e. The molecule has 0 aliphatic carbocycles. The molecule has 0 aliphatic rings. The van der Waals surface area contributed by atoms with Gasteiger partial charge in [0.1, 0.15) is 46.2 Å². The Morgan fingerprint density at radius 3 is 0.614 bits per heavy atom. The maximum atomic E-state index is 12.4. The van der Waals surface area contributed by atoms with Crippen molar-refractivity contribution in [2.45, 2.75) is 0 Å². The number of esters is 7. The normalized spacial score (nSPS) is 10.3. The van der Waals surface area contributed by atoms with Crippen LogP contribution in [0.15, 0.2) is 97.1 Å². The summed E-state index contributed by atoms with van der Waals surface area (Å²) >= 11 is 0. The second-order valence-electron chi connectivity index (χ2n) is 11.3. The van der Waals surface area contributed by atoms with Crippen molar-refractivity contribution >= 4 is 47.8 Å². The van der Waals surface area contributed by atoms with Gasteiger partial charge in [-0.3, -0.25) is 0 Å². The number of benzene rings is 4. The highest BCUT2D eigenvalue weighted by atomic mass is 16.6. The van der Waals surface area contributed by atoms with Gasteiger partial charge in [0.05, 0.1) is 51.1 Å². The van der Waals surface area contributed by atoms with Crippen LogP contribution in [0.5, 0.6) is 0 Å². The Morgan fingerprint density at radius 2 is 0.456 bits per heavy atom. The van der Waals surface area contributed by atoms with Crippen molar-refractivity contribution in [3.8, 4) is 0 Å². The van der Waals surface area contributed by atoms with Crippen molar-refractivity contribution in [3.63, 3.8) is 0 Å². The molecule has 0 aliphatic heterocycles. The first-order valence-electron chi connectivity index (χ1n) is 16.9. The molecule has 0 bridgehead atoms. The molecule has 0 amide bonds. The van der Waals surface area contributed by atoms with E-state index in [0.717, 1.165) is 0 Å². The van der Waals surface area contributed by atoms with Crippen LogP contribution in [0.3, 0.4) is 0 Å². The summed E-state index contributed by atoms with van der Waals surface area (Å²) in [6, 6.07) is 21.2. The molecule has 0 atom stereocenters. The van der Waals surface area contributed by atoms with Crippen LogP contribution in [0, 0.1) is 0 Å². The molecule has 0 saturated heterocycles. The minimum absolute atomic E-state index is 0.00949. The Hall–Kier alpha value is -7.40. The number of carboxylic acid groups (broad SMARTS) is 1. The van der Waals surface area contributed by atoms with Crippen LogP contribution in [-0.2, 0) is 33.2 Å². The minimum Gasteiger partial charge on any atom is -0.478 e. The molecule has 4 rings (SSSR count). The van der Waals surface area contributed by atoms with E-state index in [0.29, 0.717) is 0 Å². The number of rotatable bonds is 19. The maximum absolute atomic E-state index is 12.4. The van der Waals surface area contributed by atoms with Gasteiger partial charge in [-0.1, -0.05) is 0 Å². The molecule has 4 aromatic rings. The van der Waals surface area contributed by atoms with Crippen molar-refractivity contribution in [2.24, 2.45) is 0 Å². The molecule has 0 radical (unpaired) electrons. The molecular weight excluding hydrogens is 752 g/mol. The van der Waals surface area contributed by atoms with Crippen LogP contribution in [0.1, 0.15) is 82.9 Å². The fourth-order valence-corrected chi connectivity index (χ4v) is 4.50. The number of aliphatic hydroxyl groups excluding tert-OH is 1. The fraction of sp³-hybridized carbons (Fsp3) is 0.200. The highest BCUT2D eigenvalue weighted by molar-refractivity contribution is 5.96. The Balaban J connectivity index is 1.09. The van der Waals surface area contributed by atoms with Gasteiger partial charge in [0.15, 0.2) is 0 Å². The van der Waals surface area contributed by atoms with E-state index in [-0.39, 0.29) is 97.4 Å². The summed E-state index contributed by atoms with van der Waals surface area (Å²) in [7, 11) is 0. The van der Waals surface area contributed by atoms with Crippen molar-refractivity contribution in [3.05, 3.63) is 142 Å². The number of carboxylic acids is 1. The quantitative estimate of drug-likeness (QED) is 0.0784. The second-order valence-corrected chi connectivity index (χ2v) is 11.3. The standard InChI is InChI=1S/C40H34O17/c41-17-18-51-34(44)27-5-7-28(8-6-27)36(46)54-21-22-55-38(48)31-13-15-32(16-14-31)40(50)57-24-23-56-39(49)30-11-9-29(10-12-30)37(47)53-20-19-52-35(45)26-3-1-25(2-4-26)33(42)43/h1-16,41H,17-24H2,(H,42,43). The number of carbonyl (C=O) groups is 8. The first-order chi connectivity index (χ1) is 27.5. The SMILES string of the molecule is O=C(O)c1ccc(C(=O)OCCOC(=O)c2ccc(C(=O)OCCOC(=O)c3ccc(C(=O)OCCOC(=O)c4ccc(C(=O)OCCO)cc4)cc3)cc2)cc1. The van der Waals surface area contributed by atoms with E-state index >= 15 is 0 Å². The fourth-order valence-electron chi connectivity index (χ4n) is 4.50. The number of carbonyl (C=O) groups excluding carboxylic acids is 7. The van der Waals surface area contributed by atoms with E-state index < -0.39 is 47.8 Å². The van der Waals surface area contributed by atoms with Crippen LogP contribution >= 0.6 is 0 Å². The van der Waals surface area contributed by atoms with Gasteiger partial charge in [-0.05, 0) is 97.1 Å². The van der Waals surface area contributed by atoms with Gasteiger partial charge in [-0.15, -0.1) is 0 Å². The van der Waals surface area contributed by atoms with E-state index in [1.54, 1.807) is 0 Å². The van der Waals surface area contributed by atoms with Gasteiger partial charge in [0.25, 0.3) is 0 Å². The summed E-state index contributed by atoms with van der Waals surface area (Å²) < 4.78 is 35.3. The summed E-state index contributed by atoms with van der Waals surface area (Å²) in [5.41, 5.74) is 0.900. The van der Waals surface area contributed by atoms with Gasteiger partial charge in [0.2, 0.25) is 0 Å². The summed E-state index contributed by atoms with van der Waals surface area (Å²) in [5, 5.41) is 17.6. The maximum Gasteiger partial charge on any atom is 0.338 e. The summed E-state index contributed by atoms with van der Waals surface area (Å²) in [5.74, 6) is -6.21. The lowest BCUT2D eigenvalue weighted by Gasteiger charge is -2.09. The molecule has 4 aromatic carbocycles. The van der Waals surface area contributed by atoms with E-state index in [4.69, 9.17) is 43.4 Å². The molecule has 2 N–H and O–H groups in total. The molecule has 0 fully saturated rings. The molecule has 17 nitrogen and oxygen atoms in total. The van der Waals surface area contributed by atoms with Gasteiger partial charge < -0.3 is 43.4 Å². The Morgan fingerprint density at radius 1 is 0.298 bits per heavy atom. The van der Waals surface area contributed by atoms with Crippen LogP contribution < -0.4 is 0 Å². The summed E-state index contributed by atoms with van der Waals surface area (Å²) in [4.78, 5) is 96.4.